The molecule has 0 bridgehead atoms. The van der Waals surface area contributed by atoms with E-state index in [0.29, 0.717) is 6.42 Å². The van der Waals surface area contributed by atoms with E-state index in [1.807, 2.05) is 13.8 Å². The van der Waals surface area contributed by atoms with Gasteiger partial charge in [0.25, 0.3) is 0 Å². The summed E-state index contributed by atoms with van der Waals surface area (Å²) in [5.41, 5.74) is 0. The van der Waals surface area contributed by atoms with Gasteiger partial charge in [-0.25, -0.2) is 4.79 Å². The number of aliphatic carboxylic acids is 1. The lowest BCUT2D eigenvalue weighted by molar-refractivity contribution is -0.142. The number of amides is 2. The summed E-state index contributed by atoms with van der Waals surface area (Å²) in [6.45, 7) is 7.11. The van der Waals surface area contributed by atoms with Gasteiger partial charge in [-0.15, -0.1) is 0 Å². The van der Waals surface area contributed by atoms with Gasteiger partial charge in [-0.1, -0.05) is 59.3 Å². The Balaban J connectivity index is 4.41. The SMILES string of the molecule is CCCCCCCC[C@H](NC(=O)[C@H](NC(C)=O)C(C)C)C(=O)O. The van der Waals surface area contributed by atoms with Gasteiger partial charge in [-0.2, -0.15) is 0 Å². The van der Waals surface area contributed by atoms with Crippen LogP contribution in [-0.2, 0) is 14.4 Å². The van der Waals surface area contributed by atoms with Crippen molar-refractivity contribution in [3.63, 3.8) is 0 Å². The highest BCUT2D eigenvalue weighted by Gasteiger charge is 2.27. The molecule has 0 aromatic heterocycles. The van der Waals surface area contributed by atoms with E-state index in [-0.39, 0.29) is 11.8 Å². The van der Waals surface area contributed by atoms with Gasteiger partial charge in [0.15, 0.2) is 0 Å². The average molecular weight is 328 g/mol. The van der Waals surface area contributed by atoms with Crippen LogP contribution >= 0.6 is 0 Å². The Labute approximate surface area is 139 Å². The van der Waals surface area contributed by atoms with Crippen molar-refractivity contribution in [2.45, 2.75) is 84.7 Å². The van der Waals surface area contributed by atoms with Gasteiger partial charge in [0.2, 0.25) is 11.8 Å². The van der Waals surface area contributed by atoms with E-state index in [2.05, 4.69) is 17.6 Å². The van der Waals surface area contributed by atoms with Crippen molar-refractivity contribution in [3.8, 4) is 0 Å². The van der Waals surface area contributed by atoms with Crippen LogP contribution in [0, 0.1) is 5.92 Å². The number of hydrogen-bond donors (Lipinski definition) is 3. The minimum Gasteiger partial charge on any atom is -0.480 e. The maximum absolute atomic E-state index is 12.2. The lowest BCUT2D eigenvalue weighted by Gasteiger charge is -2.23. The molecule has 6 nitrogen and oxygen atoms in total. The lowest BCUT2D eigenvalue weighted by atomic mass is 10.0. The summed E-state index contributed by atoms with van der Waals surface area (Å²) >= 11 is 0. The number of unbranched alkanes of at least 4 members (excludes halogenated alkanes) is 5. The predicted molar refractivity (Wildman–Crippen MR) is 90.0 cm³/mol. The molecule has 0 radical (unpaired) electrons. The first-order valence-electron chi connectivity index (χ1n) is 8.59. The average Bonchev–Trinajstić information content (AvgIpc) is 2.46. The first-order valence-corrected chi connectivity index (χ1v) is 8.59. The van der Waals surface area contributed by atoms with Crippen molar-refractivity contribution >= 4 is 17.8 Å². The molecule has 0 fully saturated rings. The van der Waals surface area contributed by atoms with Crippen LogP contribution in [-0.4, -0.2) is 35.0 Å². The molecule has 0 aromatic carbocycles. The molecule has 2 amide bonds. The number of hydrogen-bond acceptors (Lipinski definition) is 3. The second-order valence-corrected chi connectivity index (χ2v) is 6.38. The lowest BCUT2D eigenvalue weighted by Crippen LogP contribution is -2.53. The van der Waals surface area contributed by atoms with Crippen molar-refractivity contribution < 1.29 is 19.5 Å². The molecule has 6 heteroatoms. The van der Waals surface area contributed by atoms with Crippen molar-refractivity contribution in [3.05, 3.63) is 0 Å². The molecule has 0 heterocycles. The molecule has 0 spiro atoms. The minimum atomic E-state index is -1.03. The fraction of sp³-hybridized carbons (Fsp3) is 0.824. The van der Waals surface area contributed by atoms with Gasteiger partial charge >= 0.3 is 5.97 Å². The Morgan fingerprint density at radius 1 is 0.957 bits per heavy atom. The third-order valence-corrected chi connectivity index (χ3v) is 3.77. The third-order valence-electron chi connectivity index (χ3n) is 3.77. The standard InChI is InChI=1S/C17H32N2O4/c1-5-6-7-8-9-10-11-14(17(22)23)19-16(21)15(12(2)3)18-13(4)20/h12,14-15H,5-11H2,1-4H3,(H,18,20)(H,19,21)(H,22,23)/t14-,15+/m0/s1. The summed E-state index contributed by atoms with van der Waals surface area (Å²) in [4.78, 5) is 34.7. The van der Waals surface area contributed by atoms with Crippen LogP contribution in [0.2, 0.25) is 0 Å². The summed E-state index contributed by atoms with van der Waals surface area (Å²) in [7, 11) is 0. The third kappa shape index (κ3) is 9.92. The largest absolute Gasteiger partial charge is 0.480 e. The molecule has 0 unspecified atom stereocenters. The monoisotopic (exact) mass is 328 g/mol. The maximum atomic E-state index is 12.2. The molecule has 0 rings (SSSR count). The second-order valence-electron chi connectivity index (χ2n) is 6.38. The number of carboxylic acid groups (broad SMARTS) is 1. The van der Waals surface area contributed by atoms with Crippen molar-refractivity contribution in [1.82, 2.24) is 10.6 Å². The van der Waals surface area contributed by atoms with Crippen LogP contribution in [0.1, 0.15) is 72.6 Å². The number of carbonyl (C=O) groups excluding carboxylic acids is 2. The summed E-state index contributed by atoms with van der Waals surface area (Å²) < 4.78 is 0. The molecule has 0 saturated carbocycles. The zero-order chi connectivity index (χ0) is 17.8. The van der Waals surface area contributed by atoms with Crippen LogP contribution in [0.4, 0.5) is 0 Å². The van der Waals surface area contributed by atoms with Crippen molar-refractivity contribution in [2.24, 2.45) is 5.92 Å². The van der Waals surface area contributed by atoms with Gasteiger partial charge < -0.3 is 15.7 Å². The van der Waals surface area contributed by atoms with Gasteiger partial charge in [0.1, 0.15) is 12.1 Å². The quantitative estimate of drug-likeness (QED) is 0.480. The van der Waals surface area contributed by atoms with Crippen LogP contribution in [0.3, 0.4) is 0 Å². The highest BCUT2D eigenvalue weighted by atomic mass is 16.4. The fourth-order valence-corrected chi connectivity index (χ4v) is 2.40. The highest BCUT2D eigenvalue weighted by Crippen LogP contribution is 2.10. The summed E-state index contributed by atoms with van der Waals surface area (Å²) in [6, 6.07) is -1.61. The molecule has 2 atom stereocenters. The van der Waals surface area contributed by atoms with E-state index in [0.717, 1.165) is 19.3 Å². The number of nitrogens with one attached hydrogen (secondary N) is 2. The second kappa shape index (κ2) is 11.9. The van der Waals surface area contributed by atoms with Crippen LogP contribution in [0.15, 0.2) is 0 Å². The molecular weight excluding hydrogens is 296 g/mol. The molecule has 134 valence electrons. The van der Waals surface area contributed by atoms with E-state index in [4.69, 9.17) is 0 Å². The Kier molecular flexibility index (Phi) is 11.1. The van der Waals surface area contributed by atoms with Gasteiger partial charge in [-0.05, 0) is 12.3 Å². The molecular formula is C17H32N2O4. The molecule has 0 aliphatic rings. The van der Waals surface area contributed by atoms with E-state index < -0.39 is 24.0 Å². The van der Waals surface area contributed by atoms with E-state index in [1.165, 1.54) is 26.2 Å². The smallest absolute Gasteiger partial charge is 0.326 e. The van der Waals surface area contributed by atoms with Crippen LogP contribution in [0.5, 0.6) is 0 Å². The Morgan fingerprint density at radius 3 is 2.00 bits per heavy atom. The normalized spacial score (nSPS) is 13.4. The highest BCUT2D eigenvalue weighted by molar-refractivity contribution is 5.90. The minimum absolute atomic E-state index is 0.109. The molecule has 0 aliphatic heterocycles. The molecule has 3 N–H and O–H groups in total. The zero-order valence-corrected chi connectivity index (χ0v) is 14.9. The van der Waals surface area contributed by atoms with Gasteiger partial charge in [0.05, 0.1) is 0 Å². The molecule has 0 aromatic rings. The summed E-state index contributed by atoms with van der Waals surface area (Å²) in [5.74, 6) is -1.88. The molecule has 0 saturated heterocycles. The van der Waals surface area contributed by atoms with Crippen LogP contribution in [0.25, 0.3) is 0 Å². The van der Waals surface area contributed by atoms with Gasteiger partial charge in [0, 0.05) is 6.92 Å². The predicted octanol–water partition coefficient (Wildman–Crippen LogP) is 2.47. The Hall–Kier alpha value is -1.59. The number of carboxylic acids is 1. The summed E-state index contributed by atoms with van der Waals surface area (Å²) in [6.07, 6.45) is 6.79. The van der Waals surface area contributed by atoms with E-state index in [9.17, 15) is 19.5 Å². The first kappa shape index (κ1) is 21.4. The zero-order valence-electron chi connectivity index (χ0n) is 14.9. The van der Waals surface area contributed by atoms with E-state index in [1.54, 1.807) is 0 Å². The maximum Gasteiger partial charge on any atom is 0.326 e. The molecule has 0 aliphatic carbocycles. The van der Waals surface area contributed by atoms with E-state index >= 15 is 0 Å². The fourth-order valence-electron chi connectivity index (χ4n) is 2.40. The van der Waals surface area contributed by atoms with Crippen molar-refractivity contribution in [1.29, 1.82) is 0 Å². The Bertz CT molecular complexity index is 383. The van der Waals surface area contributed by atoms with Gasteiger partial charge in [-0.3, -0.25) is 9.59 Å². The molecule has 23 heavy (non-hydrogen) atoms. The number of carbonyl (C=O) groups is 3. The van der Waals surface area contributed by atoms with Crippen molar-refractivity contribution in [2.75, 3.05) is 0 Å². The van der Waals surface area contributed by atoms with Crippen LogP contribution < -0.4 is 10.6 Å². The first-order chi connectivity index (χ1) is 10.8. The Morgan fingerprint density at radius 2 is 1.52 bits per heavy atom. The number of rotatable bonds is 12. The topological polar surface area (TPSA) is 95.5 Å². The summed E-state index contributed by atoms with van der Waals surface area (Å²) in [5, 5.41) is 14.4.